The van der Waals surface area contributed by atoms with E-state index >= 15 is 0 Å². The third-order valence-electron chi connectivity index (χ3n) is 4.58. The number of nitrogens with zero attached hydrogens (tertiary/aromatic N) is 2. The maximum absolute atomic E-state index is 11.7. The second kappa shape index (κ2) is 6.85. The van der Waals surface area contributed by atoms with Gasteiger partial charge >= 0.3 is 0 Å². The number of benzene rings is 1. The molecule has 0 spiro atoms. The molecular formula is C18H22ClN3O2. The van der Waals surface area contributed by atoms with Crippen molar-refractivity contribution in [2.24, 2.45) is 0 Å². The molecule has 1 aliphatic heterocycles. The highest BCUT2D eigenvalue weighted by Crippen LogP contribution is 2.30. The molecule has 128 valence electrons. The highest BCUT2D eigenvalue weighted by Gasteiger charge is 2.25. The number of halogens is 1. The molecule has 0 aliphatic carbocycles. The number of piperidine rings is 1. The van der Waals surface area contributed by atoms with Crippen LogP contribution < -0.4 is 10.1 Å². The Morgan fingerprint density at radius 3 is 2.92 bits per heavy atom. The smallest absolute Gasteiger partial charge is 0.220 e. The van der Waals surface area contributed by atoms with Crippen molar-refractivity contribution in [2.45, 2.75) is 45.7 Å². The summed E-state index contributed by atoms with van der Waals surface area (Å²) in [7, 11) is 1.65. The maximum Gasteiger partial charge on any atom is 0.220 e. The van der Waals surface area contributed by atoms with Gasteiger partial charge in [-0.15, -0.1) is 0 Å². The average molecular weight is 348 g/mol. The molecule has 2 aromatic rings. The second-order valence-electron chi connectivity index (χ2n) is 6.21. The van der Waals surface area contributed by atoms with Crippen molar-refractivity contribution in [2.75, 3.05) is 7.11 Å². The Labute approximate surface area is 147 Å². The van der Waals surface area contributed by atoms with E-state index in [0.29, 0.717) is 18.0 Å². The van der Waals surface area contributed by atoms with Crippen molar-refractivity contribution in [3.05, 3.63) is 45.7 Å². The van der Waals surface area contributed by atoms with Crippen LogP contribution in [0.25, 0.3) is 0 Å². The number of aromatic nitrogens is 2. The summed E-state index contributed by atoms with van der Waals surface area (Å²) in [5, 5.41) is 8.44. The van der Waals surface area contributed by atoms with E-state index in [-0.39, 0.29) is 11.9 Å². The summed E-state index contributed by atoms with van der Waals surface area (Å²) in [5.74, 6) is 0.911. The van der Waals surface area contributed by atoms with Gasteiger partial charge < -0.3 is 10.1 Å². The molecule has 1 saturated heterocycles. The minimum absolute atomic E-state index is 0.0567. The highest BCUT2D eigenvalue weighted by atomic mass is 35.5. The number of carbonyl (C=O) groups is 1. The predicted molar refractivity (Wildman–Crippen MR) is 93.5 cm³/mol. The van der Waals surface area contributed by atoms with E-state index in [1.165, 1.54) is 0 Å². The fourth-order valence-corrected chi connectivity index (χ4v) is 3.62. The van der Waals surface area contributed by atoms with Crippen molar-refractivity contribution in [3.8, 4) is 5.75 Å². The highest BCUT2D eigenvalue weighted by molar-refractivity contribution is 6.30. The van der Waals surface area contributed by atoms with E-state index in [1.807, 2.05) is 36.7 Å². The number of hydrogen-bond donors (Lipinski definition) is 1. The quantitative estimate of drug-likeness (QED) is 0.920. The molecule has 24 heavy (non-hydrogen) atoms. The molecule has 1 unspecified atom stereocenters. The van der Waals surface area contributed by atoms with Gasteiger partial charge in [0.15, 0.2) is 0 Å². The van der Waals surface area contributed by atoms with Gasteiger partial charge in [-0.25, -0.2) is 0 Å². The second-order valence-corrected chi connectivity index (χ2v) is 6.65. The van der Waals surface area contributed by atoms with Crippen molar-refractivity contribution in [1.29, 1.82) is 0 Å². The van der Waals surface area contributed by atoms with Crippen LogP contribution in [0.4, 0.5) is 0 Å². The van der Waals surface area contributed by atoms with Crippen LogP contribution in [-0.4, -0.2) is 22.8 Å². The van der Waals surface area contributed by atoms with Crippen LogP contribution in [0.1, 0.15) is 47.8 Å². The summed E-state index contributed by atoms with van der Waals surface area (Å²) in [6, 6.07) is 5.64. The van der Waals surface area contributed by atoms with Crippen molar-refractivity contribution in [3.63, 3.8) is 0 Å². The van der Waals surface area contributed by atoms with Gasteiger partial charge in [0.1, 0.15) is 5.75 Å². The van der Waals surface area contributed by atoms with Gasteiger partial charge in [-0.1, -0.05) is 11.6 Å². The molecule has 1 fully saturated rings. The minimum Gasteiger partial charge on any atom is -0.496 e. The standard InChI is InChI=1S/C18H22ClN3O2/c1-11-18(15-5-4-6-17(23)20-15)12(2)22(21-11)10-13-9-14(19)7-8-16(13)24-3/h7-9,15H,4-6,10H2,1-3H3,(H,20,23). The first kappa shape index (κ1) is 16.8. The number of ether oxygens (including phenoxy) is 1. The van der Waals surface area contributed by atoms with Gasteiger partial charge in [0, 0.05) is 28.3 Å². The van der Waals surface area contributed by atoms with Gasteiger partial charge in [-0.3, -0.25) is 9.48 Å². The molecular weight excluding hydrogens is 326 g/mol. The first-order valence-corrected chi connectivity index (χ1v) is 8.53. The molecule has 1 amide bonds. The maximum atomic E-state index is 11.7. The summed E-state index contributed by atoms with van der Waals surface area (Å²) in [6.07, 6.45) is 2.49. The Morgan fingerprint density at radius 1 is 1.42 bits per heavy atom. The van der Waals surface area contributed by atoms with Crippen LogP contribution in [0.15, 0.2) is 18.2 Å². The number of amides is 1. The molecule has 0 saturated carbocycles. The fraction of sp³-hybridized carbons (Fsp3) is 0.444. The Bertz CT molecular complexity index is 770. The lowest BCUT2D eigenvalue weighted by Gasteiger charge is -2.24. The lowest BCUT2D eigenvalue weighted by atomic mass is 9.96. The van der Waals surface area contributed by atoms with Crippen LogP contribution in [-0.2, 0) is 11.3 Å². The molecule has 2 heterocycles. The van der Waals surface area contributed by atoms with Crippen molar-refractivity contribution < 1.29 is 9.53 Å². The summed E-state index contributed by atoms with van der Waals surface area (Å²) < 4.78 is 7.38. The fourth-order valence-electron chi connectivity index (χ4n) is 3.42. The van der Waals surface area contributed by atoms with Crippen molar-refractivity contribution in [1.82, 2.24) is 15.1 Å². The largest absolute Gasteiger partial charge is 0.496 e. The van der Waals surface area contributed by atoms with E-state index in [1.54, 1.807) is 7.11 Å². The monoisotopic (exact) mass is 347 g/mol. The zero-order valence-corrected chi connectivity index (χ0v) is 15.0. The summed E-state index contributed by atoms with van der Waals surface area (Å²) in [6.45, 7) is 4.62. The Morgan fingerprint density at radius 2 is 2.21 bits per heavy atom. The van der Waals surface area contributed by atoms with E-state index < -0.39 is 0 Å². The van der Waals surface area contributed by atoms with E-state index in [2.05, 4.69) is 10.4 Å². The number of aryl methyl sites for hydroxylation is 1. The zero-order chi connectivity index (χ0) is 17.3. The normalized spacial score (nSPS) is 17.7. The van der Waals surface area contributed by atoms with E-state index in [4.69, 9.17) is 16.3 Å². The zero-order valence-electron chi connectivity index (χ0n) is 14.2. The van der Waals surface area contributed by atoms with Crippen LogP contribution in [0.5, 0.6) is 5.75 Å². The molecule has 5 nitrogen and oxygen atoms in total. The SMILES string of the molecule is COc1ccc(Cl)cc1Cn1nc(C)c(C2CCCC(=O)N2)c1C. The molecule has 0 bridgehead atoms. The molecule has 0 radical (unpaired) electrons. The Kier molecular flexibility index (Phi) is 4.81. The summed E-state index contributed by atoms with van der Waals surface area (Å²) in [5.41, 5.74) is 4.14. The molecule has 1 aliphatic rings. The van der Waals surface area contributed by atoms with Gasteiger partial charge in [-0.2, -0.15) is 5.10 Å². The molecule has 1 N–H and O–H groups in total. The lowest BCUT2D eigenvalue weighted by molar-refractivity contribution is -0.123. The number of methoxy groups -OCH3 is 1. The summed E-state index contributed by atoms with van der Waals surface area (Å²) in [4.78, 5) is 11.7. The summed E-state index contributed by atoms with van der Waals surface area (Å²) >= 11 is 6.12. The molecule has 6 heteroatoms. The first-order valence-electron chi connectivity index (χ1n) is 8.15. The Balaban J connectivity index is 1.92. The van der Waals surface area contributed by atoms with Crippen LogP contribution in [0.3, 0.4) is 0 Å². The van der Waals surface area contributed by atoms with Crippen LogP contribution >= 0.6 is 11.6 Å². The first-order chi connectivity index (χ1) is 11.5. The third-order valence-corrected chi connectivity index (χ3v) is 4.82. The van der Waals surface area contributed by atoms with Gasteiger partial charge in [0.2, 0.25) is 5.91 Å². The van der Waals surface area contributed by atoms with Crippen LogP contribution in [0, 0.1) is 13.8 Å². The molecule has 3 rings (SSSR count). The van der Waals surface area contributed by atoms with Gasteiger partial charge in [0.05, 0.1) is 25.4 Å². The topological polar surface area (TPSA) is 56.2 Å². The Hall–Kier alpha value is -2.01. The lowest BCUT2D eigenvalue weighted by Crippen LogP contribution is -2.33. The van der Waals surface area contributed by atoms with Crippen LogP contribution in [0.2, 0.25) is 5.02 Å². The number of rotatable bonds is 4. The molecule has 1 aromatic heterocycles. The average Bonchev–Trinajstić information content (AvgIpc) is 2.81. The molecule has 1 atom stereocenters. The minimum atomic E-state index is 0.0567. The number of hydrogen-bond acceptors (Lipinski definition) is 3. The van der Waals surface area contributed by atoms with Crippen molar-refractivity contribution >= 4 is 17.5 Å². The predicted octanol–water partition coefficient (Wildman–Crippen LogP) is 3.55. The third kappa shape index (κ3) is 3.26. The van der Waals surface area contributed by atoms with Gasteiger partial charge in [-0.05, 0) is 44.9 Å². The van der Waals surface area contributed by atoms with E-state index in [9.17, 15) is 4.79 Å². The van der Waals surface area contributed by atoms with Gasteiger partial charge in [0.25, 0.3) is 0 Å². The number of carbonyl (C=O) groups excluding carboxylic acids is 1. The van der Waals surface area contributed by atoms with E-state index in [0.717, 1.165) is 41.1 Å². The molecule has 1 aromatic carbocycles. The number of nitrogens with one attached hydrogen (secondary N) is 1.